The molecule has 1 aromatic carbocycles. The topological polar surface area (TPSA) is 94.3 Å². The monoisotopic (exact) mass is 303 g/mol. The van der Waals surface area contributed by atoms with Gasteiger partial charge in [-0.15, -0.1) is 0 Å². The standard InChI is InChI=1S/C15H17N3O4/c1-9(2)14-17-15(22-18-14)21-8-13(20)16-12-6-4-5-11(7-12)10(3)19/h4-7,9H,8H2,1-3H3,(H,16,20). The van der Waals surface area contributed by atoms with Crippen molar-refractivity contribution in [3.63, 3.8) is 0 Å². The molecule has 22 heavy (non-hydrogen) atoms. The van der Waals surface area contributed by atoms with Gasteiger partial charge in [0, 0.05) is 17.2 Å². The van der Waals surface area contributed by atoms with Gasteiger partial charge in [0.15, 0.2) is 18.2 Å². The Balaban J connectivity index is 1.90. The maximum absolute atomic E-state index is 11.8. The summed E-state index contributed by atoms with van der Waals surface area (Å²) in [4.78, 5) is 27.1. The van der Waals surface area contributed by atoms with Gasteiger partial charge in [-0.25, -0.2) is 0 Å². The molecule has 0 aliphatic rings. The molecule has 116 valence electrons. The van der Waals surface area contributed by atoms with Crippen molar-refractivity contribution in [2.45, 2.75) is 26.7 Å². The first kappa shape index (κ1) is 15.7. The average Bonchev–Trinajstić information content (AvgIpc) is 2.94. The van der Waals surface area contributed by atoms with E-state index in [1.54, 1.807) is 24.3 Å². The molecule has 0 saturated heterocycles. The van der Waals surface area contributed by atoms with Crippen LogP contribution in [0, 0.1) is 0 Å². The molecule has 0 atom stereocenters. The van der Waals surface area contributed by atoms with E-state index < -0.39 is 0 Å². The van der Waals surface area contributed by atoms with E-state index in [1.807, 2.05) is 13.8 Å². The largest absolute Gasteiger partial charge is 0.439 e. The molecule has 0 fully saturated rings. The third kappa shape index (κ3) is 4.15. The van der Waals surface area contributed by atoms with E-state index in [0.29, 0.717) is 17.1 Å². The minimum Gasteiger partial charge on any atom is -0.439 e. The van der Waals surface area contributed by atoms with E-state index in [2.05, 4.69) is 15.5 Å². The van der Waals surface area contributed by atoms with Gasteiger partial charge in [-0.05, 0) is 19.1 Å². The second-order valence-electron chi connectivity index (χ2n) is 5.05. The number of benzene rings is 1. The number of ether oxygens (including phenoxy) is 1. The van der Waals surface area contributed by atoms with Gasteiger partial charge < -0.3 is 10.1 Å². The van der Waals surface area contributed by atoms with E-state index in [9.17, 15) is 9.59 Å². The van der Waals surface area contributed by atoms with E-state index in [0.717, 1.165) is 0 Å². The maximum Gasteiger partial charge on any atom is 0.417 e. The highest BCUT2D eigenvalue weighted by Crippen LogP contribution is 2.14. The Morgan fingerprint density at radius 2 is 2.14 bits per heavy atom. The van der Waals surface area contributed by atoms with Crippen molar-refractivity contribution < 1.29 is 18.8 Å². The zero-order chi connectivity index (χ0) is 16.1. The first-order chi connectivity index (χ1) is 10.5. The first-order valence-electron chi connectivity index (χ1n) is 6.83. The lowest BCUT2D eigenvalue weighted by Crippen LogP contribution is -2.20. The van der Waals surface area contributed by atoms with Gasteiger partial charge in [-0.1, -0.05) is 31.1 Å². The molecular weight excluding hydrogens is 286 g/mol. The normalized spacial score (nSPS) is 10.5. The van der Waals surface area contributed by atoms with E-state index in [4.69, 9.17) is 9.26 Å². The molecule has 2 aromatic rings. The van der Waals surface area contributed by atoms with Gasteiger partial charge in [0.25, 0.3) is 5.91 Å². The molecule has 1 heterocycles. The van der Waals surface area contributed by atoms with Crippen LogP contribution in [0.2, 0.25) is 0 Å². The summed E-state index contributed by atoms with van der Waals surface area (Å²) in [7, 11) is 0. The first-order valence-corrected chi connectivity index (χ1v) is 6.83. The zero-order valence-electron chi connectivity index (χ0n) is 12.6. The number of ketones is 1. The molecule has 1 aromatic heterocycles. The van der Waals surface area contributed by atoms with E-state index in [-0.39, 0.29) is 30.3 Å². The Morgan fingerprint density at radius 1 is 1.36 bits per heavy atom. The number of aromatic nitrogens is 2. The summed E-state index contributed by atoms with van der Waals surface area (Å²) in [5, 5.41) is 6.36. The fourth-order valence-electron chi connectivity index (χ4n) is 1.65. The molecule has 1 N–H and O–H groups in total. The van der Waals surface area contributed by atoms with Crippen LogP contribution in [0.5, 0.6) is 6.08 Å². The van der Waals surface area contributed by atoms with Crippen molar-refractivity contribution in [2.75, 3.05) is 11.9 Å². The Kier molecular flexibility index (Phi) is 4.88. The van der Waals surface area contributed by atoms with Crippen LogP contribution in [0.4, 0.5) is 5.69 Å². The van der Waals surface area contributed by atoms with Gasteiger partial charge >= 0.3 is 6.08 Å². The summed E-state index contributed by atoms with van der Waals surface area (Å²) in [5.41, 5.74) is 1.05. The average molecular weight is 303 g/mol. The van der Waals surface area contributed by atoms with Gasteiger partial charge in [-0.2, -0.15) is 4.98 Å². The number of nitrogens with one attached hydrogen (secondary N) is 1. The van der Waals surface area contributed by atoms with Crippen molar-refractivity contribution in [3.8, 4) is 6.08 Å². The third-order valence-electron chi connectivity index (χ3n) is 2.82. The van der Waals surface area contributed by atoms with E-state index >= 15 is 0 Å². The maximum atomic E-state index is 11.8. The predicted molar refractivity (Wildman–Crippen MR) is 79.0 cm³/mol. The van der Waals surface area contributed by atoms with Crippen molar-refractivity contribution >= 4 is 17.4 Å². The Labute approximate surface area is 127 Å². The predicted octanol–water partition coefficient (Wildman–Crippen LogP) is 2.41. The molecule has 7 nitrogen and oxygen atoms in total. The molecule has 0 saturated carbocycles. The zero-order valence-corrected chi connectivity index (χ0v) is 12.6. The number of nitrogens with zero attached hydrogens (tertiary/aromatic N) is 2. The highest BCUT2D eigenvalue weighted by Gasteiger charge is 2.12. The summed E-state index contributed by atoms with van der Waals surface area (Å²) in [6, 6.07) is 6.66. The minimum absolute atomic E-state index is 0.0451. The van der Waals surface area contributed by atoms with Crippen LogP contribution in [0.1, 0.15) is 42.9 Å². The lowest BCUT2D eigenvalue weighted by Gasteiger charge is -2.06. The second kappa shape index (κ2) is 6.84. The second-order valence-corrected chi connectivity index (χ2v) is 5.05. The van der Waals surface area contributed by atoms with Crippen LogP contribution >= 0.6 is 0 Å². The van der Waals surface area contributed by atoms with Crippen LogP contribution in [0.25, 0.3) is 0 Å². The van der Waals surface area contributed by atoms with Crippen molar-refractivity contribution in [1.29, 1.82) is 0 Å². The number of hydrogen-bond donors (Lipinski definition) is 1. The number of rotatable bonds is 6. The van der Waals surface area contributed by atoms with Crippen LogP contribution in [0.15, 0.2) is 28.8 Å². The Bertz CT molecular complexity index is 679. The summed E-state index contributed by atoms with van der Waals surface area (Å²) in [6.07, 6.45) is -0.0451. The summed E-state index contributed by atoms with van der Waals surface area (Å²) in [6.45, 7) is 5.04. The molecule has 1 amide bonds. The molecule has 0 radical (unpaired) electrons. The molecular formula is C15H17N3O4. The lowest BCUT2D eigenvalue weighted by atomic mass is 10.1. The van der Waals surface area contributed by atoms with Crippen molar-refractivity contribution in [3.05, 3.63) is 35.7 Å². The molecule has 0 spiro atoms. The smallest absolute Gasteiger partial charge is 0.417 e. The van der Waals surface area contributed by atoms with E-state index in [1.165, 1.54) is 6.92 Å². The summed E-state index contributed by atoms with van der Waals surface area (Å²) < 4.78 is 10.00. The van der Waals surface area contributed by atoms with Crippen molar-refractivity contribution in [1.82, 2.24) is 10.1 Å². The summed E-state index contributed by atoms with van der Waals surface area (Å²) >= 11 is 0. The van der Waals surface area contributed by atoms with Gasteiger partial charge in [0.05, 0.1) is 0 Å². The third-order valence-corrected chi connectivity index (χ3v) is 2.82. The highest BCUT2D eigenvalue weighted by molar-refractivity contribution is 5.97. The molecule has 7 heteroatoms. The van der Waals surface area contributed by atoms with Crippen molar-refractivity contribution in [2.24, 2.45) is 0 Å². The molecule has 0 bridgehead atoms. The van der Waals surface area contributed by atoms with Crippen LogP contribution < -0.4 is 10.1 Å². The minimum atomic E-state index is -0.384. The Hall–Kier alpha value is -2.70. The lowest BCUT2D eigenvalue weighted by molar-refractivity contribution is -0.118. The van der Waals surface area contributed by atoms with Crippen LogP contribution in [-0.4, -0.2) is 28.4 Å². The fourth-order valence-corrected chi connectivity index (χ4v) is 1.65. The molecule has 0 unspecified atom stereocenters. The van der Waals surface area contributed by atoms with Gasteiger partial charge in [0.2, 0.25) is 0 Å². The number of Topliss-reactive ketones (excluding diaryl/α,β-unsaturated/α-hetero) is 1. The number of carbonyl (C=O) groups is 2. The number of amides is 1. The number of anilines is 1. The highest BCUT2D eigenvalue weighted by atomic mass is 16.6. The fraction of sp³-hybridized carbons (Fsp3) is 0.333. The number of hydrogen-bond acceptors (Lipinski definition) is 6. The van der Waals surface area contributed by atoms with Crippen LogP contribution in [-0.2, 0) is 4.79 Å². The Morgan fingerprint density at radius 3 is 2.77 bits per heavy atom. The quantitative estimate of drug-likeness (QED) is 0.823. The molecule has 0 aliphatic carbocycles. The SMILES string of the molecule is CC(=O)c1cccc(NC(=O)COc2nc(C(C)C)no2)c1. The number of carbonyl (C=O) groups excluding carboxylic acids is 2. The molecule has 0 aliphatic heterocycles. The summed E-state index contributed by atoms with van der Waals surface area (Å²) in [5.74, 6) is 0.179. The van der Waals surface area contributed by atoms with Gasteiger partial charge in [-0.3, -0.25) is 14.1 Å². The molecule has 2 rings (SSSR count). The van der Waals surface area contributed by atoms with Gasteiger partial charge in [0.1, 0.15) is 0 Å². The van der Waals surface area contributed by atoms with Crippen LogP contribution in [0.3, 0.4) is 0 Å².